The molecule has 1 aliphatic heterocycles. The molecule has 0 bridgehead atoms. The summed E-state index contributed by atoms with van der Waals surface area (Å²) in [6.45, 7) is 3.00. The third-order valence-electron chi connectivity index (χ3n) is 3.33. The van der Waals surface area contributed by atoms with E-state index in [1.807, 2.05) is 0 Å². The largest absolute Gasteiger partial charge is 0.374 e. The number of amides is 1. The van der Waals surface area contributed by atoms with E-state index in [2.05, 4.69) is 25.0 Å². The van der Waals surface area contributed by atoms with Crippen molar-refractivity contribution < 1.29 is 4.79 Å². The molecule has 8 nitrogen and oxygen atoms in total. The number of primary amides is 1. The number of carbonyl (C=O) groups excluding carboxylic acids is 1. The molecule has 0 radical (unpaired) electrons. The first-order valence-corrected chi connectivity index (χ1v) is 7.30. The molecule has 0 spiro atoms. The standard InChI is InChI=1S/C12H15N7OS/c13-9(20)8-2-1-3-15-10(8)18-4-6-19(7-5-18)12-17-16-11(14)21-12/h1-3H,4-7H2,(H2,13,20)(H2,14,16). The maximum atomic E-state index is 11.5. The van der Waals surface area contributed by atoms with Gasteiger partial charge in [0, 0.05) is 32.4 Å². The van der Waals surface area contributed by atoms with Crippen LogP contribution in [-0.2, 0) is 0 Å². The molecule has 1 saturated heterocycles. The lowest BCUT2D eigenvalue weighted by Crippen LogP contribution is -2.47. The smallest absolute Gasteiger partial charge is 0.252 e. The summed E-state index contributed by atoms with van der Waals surface area (Å²) in [6, 6.07) is 3.41. The summed E-state index contributed by atoms with van der Waals surface area (Å²) >= 11 is 1.37. The summed E-state index contributed by atoms with van der Waals surface area (Å²) in [6.07, 6.45) is 1.67. The van der Waals surface area contributed by atoms with E-state index >= 15 is 0 Å². The lowest BCUT2D eigenvalue weighted by molar-refractivity contribution is 0.100. The van der Waals surface area contributed by atoms with Gasteiger partial charge in [0.25, 0.3) is 5.91 Å². The Morgan fingerprint density at radius 1 is 1.19 bits per heavy atom. The van der Waals surface area contributed by atoms with Crippen molar-refractivity contribution in [3.63, 3.8) is 0 Å². The van der Waals surface area contributed by atoms with Crippen LogP contribution in [0.3, 0.4) is 0 Å². The summed E-state index contributed by atoms with van der Waals surface area (Å²) < 4.78 is 0. The average Bonchev–Trinajstić information content (AvgIpc) is 2.94. The first-order valence-electron chi connectivity index (χ1n) is 6.49. The van der Waals surface area contributed by atoms with Gasteiger partial charge in [0.05, 0.1) is 5.56 Å². The summed E-state index contributed by atoms with van der Waals surface area (Å²) in [5.41, 5.74) is 11.4. The van der Waals surface area contributed by atoms with Crippen LogP contribution in [0.5, 0.6) is 0 Å². The van der Waals surface area contributed by atoms with E-state index in [4.69, 9.17) is 11.5 Å². The average molecular weight is 305 g/mol. The molecule has 1 fully saturated rings. The number of hydrogen-bond acceptors (Lipinski definition) is 8. The minimum atomic E-state index is -0.461. The highest BCUT2D eigenvalue weighted by Crippen LogP contribution is 2.24. The Morgan fingerprint density at radius 3 is 2.52 bits per heavy atom. The van der Waals surface area contributed by atoms with Gasteiger partial charge in [-0.05, 0) is 12.1 Å². The molecule has 0 atom stereocenters. The Balaban J connectivity index is 1.73. The van der Waals surface area contributed by atoms with Crippen LogP contribution in [0.1, 0.15) is 10.4 Å². The molecule has 9 heteroatoms. The predicted molar refractivity (Wildman–Crippen MR) is 81.5 cm³/mol. The Labute approximate surface area is 125 Å². The Morgan fingerprint density at radius 2 is 1.90 bits per heavy atom. The van der Waals surface area contributed by atoms with Crippen molar-refractivity contribution in [1.82, 2.24) is 15.2 Å². The molecule has 21 heavy (non-hydrogen) atoms. The number of nitrogens with two attached hydrogens (primary N) is 2. The number of pyridine rings is 1. The van der Waals surface area contributed by atoms with Crippen LogP contribution in [0.25, 0.3) is 0 Å². The van der Waals surface area contributed by atoms with Crippen molar-refractivity contribution in [1.29, 1.82) is 0 Å². The zero-order chi connectivity index (χ0) is 14.8. The van der Waals surface area contributed by atoms with Crippen molar-refractivity contribution in [2.75, 3.05) is 41.7 Å². The number of hydrogen-bond donors (Lipinski definition) is 2. The monoisotopic (exact) mass is 305 g/mol. The van der Waals surface area contributed by atoms with Crippen molar-refractivity contribution >= 4 is 33.3 Å². The number of rotatable bonds is 3. The first kappa shape index (κ1) is 13.6. The topological polar surface area (TPSA) is 114 Å². The summed E-state index contributed by atoms with van der Waals surface area (Å²) in [5.74, 6) is 0.179. The fraction of sp³-hybridized carbons (Fsp3) is 0.333. The van der Waals surface area contributed by atoms with Crippen LogP contribution < -0.4 is 21.3 Å². The highest BCUT2D eigenvalue weighted by atomic mass is 32.1. The summed E-state index contributed by atoms with van der Waals surface area (Å²) in [5, 5.41) is 9.16. The second-order valence-corrected chi connectivity index (χ2v) is 5.62. The molecule has 3 rings (SSSR count). The number of piperazine rings is 1. The van der Waals surface area contributed by atoms with Crippen LogP contribution in [0.2, 0.25) is 0 Å². The number of carbonyl (C=O) groups is 1. The van der Waals surface area contributed by atoms with Gasteiger partial charge in [-0.1, -0.05) is 11.3 Å². The van der Waals surface area contributed by atoms with Gasteiger partial charge in [-0.15, -0.1) is 10.2 Å². The van der Waals surface area contributed by atoms with Crippen molar-refractivity contribution in [2.45, 2.75) is 0 Å². The Bertz CT molecular complexity index is 651. The second kappa shape index (κ2) is 5.52. The quantitative estimate of drug-likeness (QED) is 0.816. The van der Waals surface area contributed by atoms with Crippen LogP contribution in [0, 0.1) is 0 Å². The van der Waals surface area contributed by atoms with Crippen molar-refractivity contribution in [2.24, 2.45) is 5.73 Å². The van der Waals surface area contributed by atoms with E-state index in [1.165, 1.54) is 11.3 Å². The zero-order valence-corrected chi connectivity index (χ0v) is 12.1. The first-order chi connectivity index (χ1) is 10.1. The lowest BCUT2D eigenvalue weighted by Gasteiger charge is -2.35. The molecule has 2 aromatic rings. The third kappa shape index (κ3) is 2.72. The van der Waals surface area contributed by atoms with E-state index < -0.39 is 5.91 Å². The molecule has 0 saturated carbocycles. The van der Waals surface area contributed by atoms with Gasteiger partial charge in [-0.25, -0.2) is 4.98 Å². The molecule has 0 aliphatic carbocycles. The Hall–Kier alpha value is -2.42. The maximum Gasteiger partial charge on any atom is 0.252 e. The zero-order valence-electron chi connectivity index (χ0n) is 11.3. The number of aromatic nitrogens is 3. The fourth-order valence-electron chi connectivity index (χ4n) is 2.31. The van der Waals surface area contributed by atoms with E-state index in [1.54, 1.807) is 18.3 Å². The van der Waals surface area contributed by atoms with Crippen LogP contribution in [-0.4, -0.2) is 47.3 Å². The van der Waals surface area contributed by atoms with Gasteiger partial charge < -0.3 is 21.3 Å². The molecule has 1 amide bonds. The molecule has 3 heterocycles. The van der Waals surface area contributed by atoms with Crippen LogP contribution >= 0.6 is 11.3 Å². The SMILES string of the molecule is NC(=O)c1cccnc1N1CCN(c2nnc(N)s2)CC1. The van der Waals surface area contributed by atoms with Gasteiger partial charge in [0.1, 0.15) is 5.82 Å². The molecular formula is C12H15N7OS. The second-order valence-electron chi connectivity index (χ2n) is 4.64. The highest BCUT2D eigenvalue weighted by molar-refractivity contribution is 7.18. The van der Waals surface area contributed by atoms with Crippen molar-refractivity contribution in [3.8, 4) is 0 Å². The molecule has 1 aliphatic rings. The maximum absolute atomic E-state index is 11.5. The van der Waals surface area contributed by atoms with Gasteiger partial charge in [-0.3, -0.25) is 4.79 Å². The molecular weight excluding hydrogens is 290 g/mol. The number of nitrogen functional groups attached to an aromatic ring is 1. The molecule has 0 aromatic carbocycles. The summed E-state index contributed by atoms with van der Waals surface area (Å²) in [7, 11) is 0. The van der Waals surface area contributed by atoms with E-state index in [-0.39, 0.29) is 0 Å². The van der Waals surface area contributed by atoms with Crippen molar-refractivity contribution in [3.05, 3.63) is 23.9 Å². The van der Waals surface area contributed by atoms with Gasteiger partial charge in [0.2, 0.25) is 10.3 Å². The predicted octanol–water partition coefficient (Wildman–Crippen LogP) is -0.0592. The fourth-order valence-corrected chi connectivity index (χ4v) is 2.97. The minimum Gasteiger partial charge on any atom is -0.374 e. The van der Waals surface area contributed by atoms with Crippen LogP contribution in [0.15, 0.2) is 18.3 Å². The molecule has 0 unspecified atom stereocenters. The third-order valence-corrected chi connectivity index (χ3v) is 4.15. The highest BCUT2D eigenvalue weighted by Gasteiger charge is 2.23. The van der Waals surface area contributed by atoms with Gasteiger partial charge >= 0.3 is 0 Å². The van der Waals surface area contributed by atoms with E-state index in [9.17, 15) is 4.79 Å². The van der Waals surface area contributed by atoms with Crippen LogP contribution in [0.4, 0.5) is 16.1 Å². The Kier molecular flexibility index (Phi) is 3.57. The number of nitrogens with zero attached hydrogens (tertiary/aromatic N) is 5. The molecule has 2 aromatic heterocycles. The molecule has 110 valence electrons. The molecule has 4 N–H and O–H groups in total. The van der Waals surface area contributed by atoms with Gasteiger partial charge in [-0.2, -0.15) is 0 Å². The lowest BCUT2D eigenvalue weighted by atomic mass is 10.2. The van der Waals surface area contributed by atoms with Gasteiger partial charge in [0.15, 0.2) is 0 Å². The number of anilines is 3. The van der Waals surface area contributed by atoms with E-state index in [0.29, 0.717) is 16.5 Å². The normalized spacial score (nSPS) is 15.2. The minimum absolute atomic E-state index is 0.450. The summed E-state index contributed by atoms with van der Waals surface area (Å²) in [4.78, 5) is 19.9. The van der Waals surface area contributed by atoms with E-state index in [0.717, 1.165) is 31.3 Å².